The van der Waals surface area contributed by atoms with Crippen LogP contribution in [0.5, 0.6) is 0 Å². The van der Waals surface area contributed by atoms with Crippen LogP contribution in [0.25, 0.3) is 0 Å². The number of esters is 1. The number of carbonyl (C=O) groups is 2. The summed E-state index contributed by atoms with van der Waals surface area (Å²) in [6, 6.07) is 6.97. The summed E-state index contributed by atoms with van der Waals surface area (Å²) in [4.78, 5) is 24.2. The predicted octanol–water partition coefficient (Wildman–Crippen LogP) is 3.31. The molecule has 1 N–H and O–H groups in total. The van der Waals surface area contributed by atoms with Crippen LogP contribution >= 0.6 is 0 Å². The van der Waals surface area contributed by atoms with Crippen molar-refractivity contribution in [3.8, 4) is 0 Å². The number of fused-ring (bicyclic) bond motifs is 2. The van der Waals surface area contributed by atoms with Crippen molar-refractivity contribution in [2.24, 2.45) is 21.8 Å². The molecule has 2 aliphatic carbocycles. The zero-order valence-electron chi connectivity index (χ0n) is 16.5. The molecule has 2 atom stereocenters. The van der Waals surface area contributed by atoms with Gasteiger partial charge < -0.3 is 9.47 Å². The zero-order chi connectivity index (χ0) is 19.7. The number of methoxy groups -OCH3 is 1. The van der Waals surface area contributed by atoms with E-state index in [9.17, 15) is 9.59 Å². The number of nitrogens with one attached hydrogen (secondary N) is 1. The Bertz CT molecular complexity index is 771. The lowest BCUT2D eigenvalue weighted by molar-refractivity contribution is -0.124. The van der Waals surface area contributed by atoms with E-state index < -0.39 is 11.9 Å². The van der Waals surface area contributed by atoms with E-state index in [1.54, 1.807) is 25.3 Å². The molecule has 1 amide bonds. The van der Waals surface area contributed by atoms with Crippen molar-refractivity contribution >= 4 is 17.6 Å². The van der Waals surface area contributed by atoms with Crippen molar-refractivity contribution in [3.05, 3.63) is 35.4 Å². The maximum atomic E-state index is 12.1. The molecule has 0 aliphatic heterocycles. The van der Waals surface area contributed by atoms with Gasteiger partial charge in [-0.15, -0.1) is 0 Å². The molecule has 1 aromatic carbocycles. The Morgan fingerprint density at radius 1 is 1.30 bits per heavy atom. The van der Waals surface area contributed by atoms with Gasteiger partial charge in [0.2, 0.25) is 0 Å². The summed E-state index contributed by atoms with van der Waals surface area (Å²) in [6.07, 6.45) is 3.25. The van der Waals surface area contributed by atoms with E-state index >= 15 is 0 Å². The molecule has 2 bridgehead atoms. The summed E-state index contributed by atoms with van der Waals surface area (Å²) in [5.41, 5.74) is 5.11. The topological polar surface area (TPSA) is 77.0 Å². The van der Waals surface area contributed by atoms with Gasteiger partial charge in [0, 0.05) is 18.2 Å². The fraction of sp³-hybridized carbons (Fsp3) is 0.571. The quantitative estimate of drug-likeness (QED) is 0.614. The van der Waals surface area contributed by atoms with Crippen LogP contribution in [0, 0.1) is 16.7 Å². The molecule has 2 aliphatic rings. The molecule has 0 aromatic heterocycles. The largest absolute Gasteiger partial charge is 0.452 e. The standard InChI is InChI=1S/C21H28N2O4/c1-20(2)16-8-9-21(20,3)17(11-16)22-23-18(24)13-27-19(25)15-7-5-6-14(10-15)12-26-4/h5-7,10,16H,8-9,11-13H2,1-4H3,(H,23,24)/b22-17+. The summed E-state index contributed by atoms with van der Waals surface area (Å²) in [6.45, 7) is 6.86. The van der Waals surface area contributed by atoms with Crippen LogP contribution < -0.4 is 5.43 Å². The third-order valence-corrected chi connectivity index (χ3v) is 6.64. The van der Waals surface area contributed by atoms with Crippen LogP contribution in [-0.4, -0.2) is 31.3 Å². The van der Waals surface area contributed by atoms with Crippen molar-refractivity contribution in [2.45, 2.75) is 46.6 Å². The number of hydrazone groups is 1. The molecule has 6 nitrogen and oxygen atoms in total. The van der Waals surface area contributed by atoms with E-state index in [-0.39, 0.29) is 17.4 Å². The van der Waals surface area contributed by atoms with Gasteiger partial charge in [0.05, 0.1) is 12.2 Å². The van der Waals surface area contributed by atoms with Crippen LogP contribution in [0.3, 0.4) is 0 Å². The molecule has 1 aromatic rings. The summed E-state index contributed by atoms with van der Waals surface area (Å²) >= 11 is 0. The Labute approximate surface area is 160 Å². The summed E-state index contributed by atoms with van der Waals surface area (Å²) in [5, 5.41) is 4.37. The first-order valence-corrected chi connectivity index (χ1v) is 9.39. The second-order valence-corrected chi connectivity index (χ2v) is 8.30. The average molecular weight is 372 g/mol. The maximum absolute atomic E-state index is 12.1. The number of amides is 1. The minimum Gasteiger partial charge on any atom is -0.452 e. The third kappa shape index (κ3) is 3.63. The van der Waals surface area contributed by atoms with E-state index in [0.717, 1.165) is 24.1 Å². The van der Waals surface area contributed by atoms with Gasteiger partial charge in [-0.1, -0.05) is 32.9 Å². The second kappa shape index (κ2) is 7.43. The van der Waals surface area contributed by atoms with E-state index in [0.29, 0.717) is 18.1 Å². The van der Waals surface area contributed by atoms with Crippen LogP contribution in [0.15, 0.2) is 29.4 Å². The summed E-state index contributed by atoms with van der Waals surface area (Å²) in [7, 11) is 1.59. The Kier molecular flexibility index (Phi) is 5.38. The molecule has 2 fully saturated rings. The number of ether oxygens (including phenoxy) is 2. The van der Waals surface area contributed by atoms with Crippen LogP contribution in [0.1, 0.15) is 56.0 Å². The van der Waals surface area contributed by atoms with Gasteiger partial charge in [-0.25, -0.2) is 10.2 Å². The lowest BCUT2D eigenvalue weighted by atomic mass is 9.70. The van der Waals surface area contributed by atoms with Crippen molar-refractivity contribution in [2.75, 3.05) is 13.7 Å². The number of rotatable bonds is 6. The van der Waals surface area contributed by atoms with E-state index in [1.165, 1.54) is 6.42 Å². The molecule has 0 saturated heterocycles. The number of hydrogen-bond acceptors (Lipinski definition) is 5. The highest BCUT2D eigenvalue weighted by Gasteiger charge is 2.60. The van der Waals surface area contributed by atoms with Crippen molar-refractivity contribution in [1.29, 1.82) is 0 Å². The maximum Gasteiger partial charge on any atom is 0.338 e. The van der Waals surface area contributed by atoms with E-state index in [1.807, 2.05) is 6.07 Å². The minimum absolute atomic E-state index is 0.0312. The first kappa shape index (κ1) is 19.5. The first-order valence-electron chi connectivity index (χ1n) is 9.39. The fourth-order valence-electron chi connectivity index (χ4n) is 4.43. The van der Waals surface area contributed by atoms with Gasteiger partial charge in [0.15, 0.2) is 6.61 Å². The number of carbonyl (C=O) groups excluding carboxylic acids is 2. The highest BCUT2D eigenvalue weighted by molar-refractivity contribution is 5.95. The summed E-state index contributed by atoms with van der Waals surface area (Å²) in [5.74, 6) is -0.341. The van der Waals surface area contributed by atoms with E-state index in [4.69, 9.17) is 9.47 Å². The fourth-order valence-corrected chi connectivity index (χ4v) is 4.43. The molecular weight excluding hydrogens is 344 g/mol. The Morgan fingerprint density at radius 3 is 2.70 bits per heavy atom. The monoisotopic (exact) mass is 372 g/mol. The number of nitrogens with zero attached hydrogens (tertiary/aromatic N) is 1. The highest BCUT2D eigenvalue weighted by atomic mass is 16.5. The van der Waals surface area contributed by atoms with Crippen molar-refractivity contribution in [3.63, 3.8) is 0 Å². The molecule has 0 radical (unpaired) electrons. The second-order valence-electron chi connectivity index (χ2n) is 8.30. The number of hydrogen-bond donors (Lipinski definition) is 1. The molecular formula is C21H28N2O4. The lowest BCUT2D eigenvalue weighted by Crippen LogP contribution is -2.34. The van der Waals surface area contributed by atoms with Gasteiger partial charge >= 0.3 is 5.97 Å². The molecule has 2 unspecified atom stereocenters. The molecule has 0 spiro atoms. The van der Waals surface area contributed by atoms with Crippen molar-refractivity contribution in [1.82, 2.24) is 5.43 Å². The average Bonchev–Trinajstić information content (AvgIpc) is 2.98. The molecule has 27 heavy (non-hydrogen) atoms. The van der Waals surface area contributed by atoms with E-state index in [2.05, 4.69) is 31.3 Å². The van der Waals surface area contributed by atoms with Crippen LogP contribution in [0.2, 0.25) is 0 Å². The Balaban J connectivity index is 1.53. The lowest BCUT2D eigenvalue weighted by Gasteiger charge is -2.34. The smallest absolute Gasteiger partial charge is 0.338 e. The minimum atomic E-state index is -0.538. The van der Waals surface area contributed by atoms with Gasteiger partial charge in [0.1, 0.15) is 0 Å². The molecule has 3 rings (SSSR count). The van der Waals surface area contributed by atoms with Crippen LogP contribution in [0.4, 0.5) is 0 Å². The predicted molar refractivity (Wildman–Crippen MR) is 102 cm³/mol. The number of benzene rings is 1. The van der Waals surface area contributed by atoms with Gasteiger partial charge in [-0.2, -0.15) is 5.10 Å². The zero-order valence-corrected chi connectivity index (χ0v) is 16.5. The highest BCUT2D eigenvalue weighted by Crippen LogP contribution is 2.63. The molecule has 2 saturated carbocycles. The van der Waals surface area contributed by atoms with Gasteiger partial charge in [0.25, 0.3) is 5.91 Å². The molecule has 6 heteroatoms. The van der Waals surface area contributed by atoms with Crippen LogP contribution in [-0.2, 0) is 20.9 Å². The van der Waals surface area contributed by atoms with Gasteiger partial charge in [-0.3, -0.25) is 4.79 Å². The Hall–Kier alpha value is -2.21. The third-order valence-electron chi connectivity index (χ3n) is 6.64. The normalized spacial score (nSPS) is 27.0. The Morgan fingerprint density at radius 2 is 2.07 bits per heavy atom. The first-order chi connectivity index (χ1) is 12.8. The van der Waals surface area contributed by atoms with Crippen molar-refractivity contribution < 1.29 is 19.1 Å². The molecule has 146 valence electrons. The SMILES string of the molecule is COCc1cccc(C(=O)OCC(=O)N/N=C2\CC3CCC2(C)C3(C)C)c1. The molecule has 0 heterocycles. The van der Waals surface area contributed by atoms with Gasteiger partial charge in [-0.05, 0) is 48.3 Å². The summed E-state index contributed by atoms with van der Waals surface area (Å²) < 4.78 is 10.2.